The molecular formula is C27H39FN2O3. The SMILES string of the molecule is Cc1c(CC(=O)CCC2CCCO2)cc(F)cc1CN1CCN(C(=O)C2CCCC2)[C@@H](C)C1. The summed E-state index contributed by atoms with van der Waals surface area (Å²) in [5.41, 5.74) is 2.75. The first kappa shape index (κ1) is 24.3. The van der Waals surface area contributed by atoms with Gasteiger partial charge in [0.25, 0.3) is 0 Å². The van der Waals surface area contributed by atoms with Crippen molar-refractivity contribution in [2.75, 3.05) is 26.2 Å². The molecule has 5 nitrogen and oxygen atoms in total. The third kappa shape index (κ3) is 6.21. The van der Waals surface area contributed by atoms with Crippen LogP contribution in [0.4, 0.5) is 4.39 Å². The quantitative estimate of drug-likeness (QED) is 0.578. The highest BCUT2D eigenvalue weighted by molar-refractivity contribution is 5.81. The Morgan fingerprint density at radius 1 is 1.09 bits per heavy atom. The molecule has 3 fully saturated rings. The van der Waals surface area contributed by atoms with Crippen LogP contribution in [0.1, 0.15) is 75.0 Å². The van der Waals surface area contributed by atoms with Gasteiger partial charge in [0, 0.05) is 57.6 Å². The predicted octanol–water partition coefficient (Wildman–Crippen LogP) is 4.43. The fraction of sp³-hybridized carbons (Fsp3) is 0.704. The molecule has 3 aliphatic rings. The van der Waals surface area contributed by atoms with Crippen molar-refractivity contribution in [1.82, 2.24) is 9.80 Å². The summed E-state index contributed by atoms with van der Waals surface area (Å²) in [5.74, 6) is 0.411. The van der Waals surface area contributed by atoms with Gasteiger partial charge in [-0.2, -0.15) is 0 Å². The van der Waals surface area contributed by atoms with Crippen molar-refractivity contribution in [2.45, 2.75) is 90.3 Å². The van der Waals surface area contributed by atoms with Gasteiger partial charge in [-0.3, -0.25) is 14.5 Å². The largest absolute Gasteiger partial charge is 0.378 e. The van der Waals surface area contributed by atoms with E-state index in [-0.39, 0.29) is 36.1 Å². The molecule has 1 saturated carbocycles. The number of carbonyl (C=O) groups excluding carboxylic acids is 2. The fourth-order valence-electron chi connectivity index (χ4n) is 5.79. The minimum atomic E-state index is -0.277. The van der Waals surface area contributed by atoms with Crippen molar-refractivity contribution < 1.29 is 18.7 Å². The maximum Gasteiger partial charge on any atom is 0.226 e. The third-order valence-electron chi connectivity index (χ3n) is 7.84. The Hall–Kier alpha value is -1.79. The lowest BCUT2D eigenvalue weighted by Crippen LogP contribution is -2.54. The molecule has 1 amide bonds. The normalized spacial score (nSPS) is 24.5. The molecule has 0 radical (unpaired) electrons. The van der Waals surface area contributed by atoms with Gasteiger partial charge in [-0.1, -0.05) is 12.8 Å². The highest BCUT2D eigenvalue weighted by atomic mass is 19.1. The Morgan fingerprint density at radius 2 is 1.85 bits per heavy atom. The second kappa shape index (κ2) is 11.1. The minimum absolute atomic E-state index is 0.151. The lowest BCUT2D eigenvalue weighted by atomic mass is 9.95. The standard InChI is InChI=1S/C27H39FN2O3/c1-19-17-29(11-12-30(19)27(32)21-6-3-4-7-21)18-23-15-24(28)14-22(20(23)2)16-25(31)9-10-26-8-5-13-33-26/h14-15,19,21,26H,3-13,16-18H2,1-2H3/t19-,26?/m0/s1. The van der Waals surface area contributed by atoms with Gasteiger partial charge in [-0.25, -0.2) is 4.39 Å². The van der Waals surface area contributed by atoms with Crippen LogP contribution in [0.2, 0.25) is 0 Å². The first-order chi connectivity index (χ1) is 15.9. The zero-order valence-electron chi connectivity index (χ0n) is 20.3. The molecule has 2 heterocycles. The highest BCUT2D eigenvalue weighted by Gasteiger charge is 2.33. The molecule has 182 valence electrons. The van der Waals surface area contributed by atoms with E-state index in [1.54, 1.807) is 6.07 Å². The number of piperazine rings is 1. The van der Waals surface area contributed by atoms with Crippen molar-refractivity contribution in [3.63, 3.8) is 0 Å². The van der Waals surface area contributed by atoms with E-state index < -0.39 is 0 Å². The number of Topliss-reactive ketones (excluding diaryl/α,β-unsaturated/α-hetero) is 1. The highest BCUT2D eigenvalue weighted by Crippen LogP contribution is 2.28. The molecule has 0 bridgehead atoms. The maximum absolute atomic E-state index is 14.5. The summed E-state index contributed by atoms with van der Waals surface area (Å²) in [6, 6.07) is 3.29. The van der Waals surface area contributed by atoms with Crippen LogP contribution in [0.25, 0.3) is 0 Å². The fourth-order valence-corrected chi connectivity index (χ4v) is 5.79. The molecule has 0 spiro atoms. The Bertz CT molecular complexity index is 846. The molecule has 6 heteroatoms. The van der Waals surface area contributed by atoms with Crippen molar-refractivity contribution in [3.05, 3.63) is 34.6 Å². The Morgan fingerprint density at radius 3 is 2.55 bits per heavy atom. The molecule has 33 heavy (non-hydrogen) atoms. The predicted molar refractivity (Wildman–Crippen MR) is 126 cm³/mol. The van der Waals surface area contributed by atoms with Crippen LogP contribution in [0.15, 0.2) is 12.1 Å². The minimum Gasteiger partial charge on any atom is -0.378 e. The van der Waals surface area contributed by atoms with Gasteiger partial charge in [-0.15, -0.1) is 0 Å². The number of carbonyl (C=O) groups is 2. The molecule has 0 aromatic heterocycles. The van der Waals surface area contributed by atoms with Crippen LogP contribution in [0.5, 0.6) is 0 Å². The van der Waals surface area contributed by atoms with Crippen LogP contribution < -0.4 is 0 Å². The topological polar surface area (TPSA) is 49.9 Å². The molecular weight excluding hydrogens is 419 g/mol. The first-order valence-corrected chi connectivity index (χ1v) is 12.8. The number of amides is 1. The van der Waals surface area contributed by atoms with Gasteiger partial charge in [0.2, 0.25) is 5.91 Å². The third-order valence-corrected chi connectivity index (χ3v) is 7.84. The van der Waals surface area contributed by atoms with Gasteiger partial charge in [0.1, 0.15) is 11.6 Å². The molecule has 2 saturated heterocycles. The van der Waals surface area contributed by atoms with Crippen LogP contribution in [0.3, 0.4) is 0 Å². The lowest BCUT2D eigenvalue weighted by Gasteiger charge is -2.41. The molecule has 2 atom stereocenters. The van der Waals surface area contributed by atoms with E-state index in [1.807, 2.05) is 6.92 Å². The number of halogens is 1. The molecule has 4 rings (SSSR count). The van der Waals surface area contributed by atoms with Crippen LogP contribution in [-0.2, 0) is 27.3 Å². The van der Waals surface area contributed by atoms with Crippen LogP contribution in [0, 0.1) is 18.7 Å². The lowest BCUT2D eigenvalue weighted by molar-refractivity contribution is -0.140. The van der Waals surface area contributed by atoms with Crippen molar-refractivity contribution in [3.8, 4) is 0 Å². The first-order valence-electron chi connectivity index (χ1n) is 12.8. The average molecular weight is 459 g/mol. The van der Waals surface area contributed by atoms with E-state index in [1.165, 1.54) is 18.9 Å². The van der Waals surface area contributed by atoms with Crippen molar-refractivity contribution in [1.29, 1.82) is 0 Å². The van der Waals surface area contributed by atoms with Gasteiger partial charge < -0.3 is 9.64 Å². The summed E-state index contributed by atoms with van der Waals surface area (Å²) in [6.07, 6.45) is 8.26. The number of ether oxygens (including phenoxy) is 1. The smallest absolute Gasteiger partial charge is 0.226 e. The summed E-state index contributed by atoms with van der Waals surface area (Å²) in [5, 5.41) is 0. The molecule has 1 aromatic rings. The number of benzene rings is 1. The van der Waals surface area contributed by atoms with E-state index in [9.17, 15) is 14.0 Å². The van der Waals surface area contributed by atoms with E-state index in [0.29, 0.717) is 18.9 Å². The number of rotatable bonds is 8. The van der Waals surface area contributed by atoms with E-state index >= 15 is 0 Å². The van der Waals surface area contributed by atoms with Crippen LogP contribution in [-0.4, -0.2) is 59.9 Å². The van der Waals surface area contributed by atoms with Gasteiger partial charge in [0.15, 0.2) is 0 Å². The summed E-state index contributed by atoms with van der Waals surface area (Å²) < 4.78 is 20.1. The van der Waals surface area contributed by atoms with E-state index in [0.717, 1.165) is 75.0 Å². The Labute approximate surface area is 197 Å². The number of hydrogen-bond acceptors (Lipinski definition) is 4. The molecule has 0 N–H and O–H groups in total. The monoisotopic (exact) mass is 458 g/mol. The zero-order chi connectivity index (χ0) is 23.4. The van der Waals surface area contributed by atoms with Crippen molar-refractivity contribution >= 4 is 11.7 Å². The summed E-state index contributed by atoms with van der Waals surface area (Å²) in [6.45, 7) is 7.90. The Kier molecular flexibility index (Phi) is 8.18. The average Bonchev–Trinajstić information content (AvgIpc) is 3.49. The summed E-state index contributed by atoms with van der Waals surface area (Å²) in [4.78, 5) is 29.8. The van der Waals surface area contributed by atoms with Gasteiger partial charge in [0.05, 0.1) is 6.10 Å². The second-order valence-corrected chi connectivity index (χ2v) is 10.3. The van der Waals surface area contributed by atoms with E-state index in [2.05, 4.69) is 16.7 Å². The summed E-state index contributed by atoms with van der Waals surface area (Å²) in [7, 11) is 0. The molecule has 1 aromatic carbocycles. The van der Waals surface area contributed by atoms with Crippen molar-refractivity contribution in [2.24, 2.45) is 5.92 Å². The maximum atomic E-state index is 14.5. The van der Waals surface area contributed by atoms with E-state index in [4.69, 9.17) is 4.74 Å². The van der Waals surface area contributed by atoms with Gasteiger partial charge in [-0.05, 0) is 74.8 Å². The second-order valence-electron chi connectivity index (χ2n) is 10.3. The number of ketones is 1. The van der Waals surface area contributed by atoms with Gasteiger partial charge >= 0.3 is 0 Å². The number of hydrogen-bond donors (Lipinski definition) is 0. The zero-order valence-corrected chi connectivity index (χ0v) is 20.3. The number of nitrogens with zero attached hydrogens (tertiary/aromatic N) is 2. The molecule has 1 unspecified atom stereocenters. The van der Waals surface area contributed by atoms with Crippen LogP contribution >= 0.6 is 0 Å². The molecule has 2 aliphatic heterocycles. The molecule has 1 aliphatic carbocycles. The summed E-state index contributed by atoms with van der Waals surface area (Å²) >= 11 is 0. The Balaban J connectivity index is 1.33.